The Morgan fingerprint density at radius 1 is 1.53 bits per heavy atom. The molecule has 2 aromatic rings. The van der Waals surface area contributed by atoms with Crippen molar-refractivity contribution in [1.82, 2.24) is 14.8 Å². The maximum atomic E-state index is 13.5. The van der Waals surface area contributed by atoms with E-state index in [9.17, 15) is 9.18 Å². The van der Waals surface area contributed by atoms with Crippen LogP contribution in [-0.2, 0) is 6.54 Å². The second-order valence-electron chi connectivity index (χ2n) is 3.71. The highest BCUT2D eigenvalue weighted by Crippen LogP contribution is 2.13. The maximum absolute atomic E-state index is 13.5. The summed E-state index contributed by atoms with van der Waals surface area (Å²) in [5, 5.41) is 3.99. The first-order valence-electron chi connectivity index (χ1n) is 5.32. The smallest absolute Gasteiger partial charge is 0.224 e. The minimum Gasteiger partial charge on any atom is -0.287 e. The van der Waals surface area contributed by atoms with Gasteiger partial charge in [-0.3, -0.25) is 9.48 Å². The maximum Gasteiger partial charge on any atom is 0.224 e. The molecule has 17 heavy (non-hydrogen) atoms. The summed E-state index contributed by atoms with van der Waals surface area (Å²) in [6.07, 6.45) is 2.92. The highest BCUT2D eigenvalue weighted by Gasteiger charge is 2.18. The van der Waals surface area contributed by atoms with Gasteiger partial charge in [0.1, 0.15) is 5.69 Å². The Balaban J connectivity index is 2.47. The van der Waals surface area contributed by atoms with Crippen LogP contribution in [-0.4, -0.2) is 20.5 Å². The van der Waals surface area contributed by atoms with E-state index in [1.54, 1.807) is 13.0 Å². The molecule has 0 unspecified atom stereocenters. The fourth-order valence-electron chi connectivity index (χ4n) is 1.63. The van der Waals surface area contributed by atoms with Gasteiger partial charge in [0.05, 0.1) is 5.56 Å². The van der Waals surface area contributed by atoms with Gasteiger partial charge in [0.25, 0.3) is 0 Å². The number of carbonyl (C=O) groups is 1. The van der Waals surface area contributed by atoms with E-state index in [-0.39, 0.29) is 5.56 Å². The van der Waals surface area contributed by atoms with Crippen molar-refractivity contribution in [3.8, 4) is 0 Å². The highest BCUT2D eigenvalue weighted by molar-refractivity contribution is 6.07. The van der Waals surface area contributed by atoms with Gasteiger partial charge in [0.2, 0.25) is 11.7 Å². The quantitative estimate of drug-likeness (QED) is 0.601. The lowest BCUT2D eigenvalue weighted by Gasteiger charge is -2.05. The van der Waals surface area contributed by atoms with Crippen molar-refractivity contribution in [2.75, 3.05) is 0 Å². The summed E-state index contributed by atoms with van der Waals surface area (Å²) in [6.45, 7) is 4.20. The van der Waals surface area contributed by atoms with E-state index < -0.39 is 11.7 Å². The molecule has 0 amide bonds. The Bertz CT molecular complexity index is 563. The van der Waals surface area contributed by atoms with Crippen LogP contribution in [0, 0.1) is 12.9 Å². The molecule has 0 aromatic carbocycles. The number of pyridine rings is 1. The molecule has 2 heterocycles. The normalized spacial score (nSPS) is 10.5. The third kappa shape index (κ3) is 2.08. The van der Waals surface area contributed by atoms with Crippen LogP contribution in [0.3, 0.4) is 0 Å². The molecule has 88 valence electrons. The molecule has 0 atom stereocenters. The van der Waals surface area contributed by atoms with E-state index in [1.807, 2.05) is 6.92 Å². The molecule has 0 bridgehead atoms. The minimum absolute atomic E-state index is 0.0137. The van der Waals surface area contributed by atoms with Crippen LogP contribution in [0.4, 0.5) is 4.39 Å². The van der Waals surface area contributed by atoms with Gasteiger partial charge in [-0.05, 0) is 31.5 Å². The molecular weight excluding hydrogens is 221 g/mol. The van der Waals surface area contributed by atoms with E-state index in [4.69, 9.17) is 0 Å². The zero-order valence-electron chi connectivity index (χ0n) is 9.64. The fourth-order valence-corrected chi connectivity index (χ4v) is 1.63. The number of hydrogen-bond acceptors (Lipinski definition) is 3. The molecular formula is C12H12FN3O. The monoisotopic (exact) mass is 233 g/mol. The number of rotatable bonds is 3. The Morgan fingerprint density at radius 3 is 3.00 bits per heavy atom. The Morgan fingerprint density at radius 2 is 2.29 bits per heavy atom. The molecule has 0 saturated carbocycles. The van der Waals surface area contributed by atoms with Gasteiger partial charge < -0.3 is 0 Å². The van der Waals surface area contributed by atoms with Gasteiger partial charge in [-0.2, -0.15) is 9.49 Å². The summed E-state index contributed by atoms with van der Waals surface area (Å²) in [5.74, 6) is -1.14. The van der Waals surface area contributed by atoms with E-state index in [2.05, 4.69) is 10.1 Å². The van der Waals surface area contributed by atoms with Gasteiger partial charge >= 0.3 is 0 Å². The Kier molecular flexibility index (Phi) is 2.99. The number of nitrogens with zero attached hydrogens (tertiary/aromatic N) is 3. The van der Waals surface area contributed by atoms with Crippen LogP contribution in [0.15, 0.2) is 24.5 Å². The number of carbonyl (C=O) groups excluding carboxylic acids is 1. The van der Waals surface area contributed by atoms with E-state index in [0.29, 0.717) is 12.2 Å². The summed E-state index contributed by atoms with van der Waals surface area (Å²) in [7, 11) is 0. The largest absolute Gasteiger partial charge is 0.287 e. The summed E-state index contributed by atoms with van der Waals surface area (Å²) in [4.78, 5) is 15.7. The molecule has 2 aromatic heterocycles. The number of hydrogen-bond donors (Lipinski definition) is 0. The van der Waals surface area contributed by atoms with Crippen LogP contribution in [0.25, 0.3) is 0 Å². The standard InChI is InChI=1S/C12H12FN3O/c1-3-16-10(4-5-15-16)11(17)9-6-8(2)7-14-12(9)13/h4-7H,3H2,1-2H3. The van der Waals surface area contributed by atoms with Crippen LogP contribution < -0.4 is 0 Å². The van der Waals surface area contributed by atoms with Crippen molar-refractivity contribution in [3.63, 3.8) is 0 Å². The Hall–Kier alpha value is -2.04. The van der Waals surface area contributed by atoms with Crippen molar-refractivity contribution >= 4 is 5.78 Å². The number of aromatic nitrogens is 3. The number of ketones is 1. The molecule has 0 fully saturated rings. The highest BCUT2D eigenvalue weighted by atomic mass is 19.1. The van der Waals surface area contributed by atoms with Gasteiger partial charge in [0, 0.05) is 18.9 Å². The molecule has 0 radical (unpaired) electrons. The SMILES string of the molecule is CCn1nccc1C(=O)c1cc(C)cnc1F. The predicted molar refractivity (Wildman–Crippen MR) is 60.3 cm³/mol. The third-order valence-corrected chi connectivity index (χ3v) is 2.47. The predicted octanol–water partition coefficient (Wildman–Crippen LogP) is 1.98. The van der Waals surface area contributed by atoms with Crippen LogP contribution >= 0.6 is 0 Å². The van der Waals surface area contributed by atoms with Crippen molar-refractivity contribution in [2.45, 2.75) is 20.4 Å². The first kappa shape index (κ1) is 11.4. The van der Waals surface area contributed by atoms with E-state index in [0.717, 1.165) is 5.56 Å². The van der Waals surface area contributed by atoms with Crippen molar-refractivity contribution in [1.29, 1.82) is 0 Å². The molecule has 0 spiro atoms. The molecule has 0 aliphatic carbocycles. The lowest BCUT2D eigenvalue weighted by Crippen LogP contribution is -2.12. The molecule has 0 aliphatic heterocycles. The summed E-state index contributed by atoms with van der Waals surface area (Å²) >= 11 is 0. The second-order valence-corrected chi connectivity index (χ2v) is 3.71. The van der Waals surface area contributed by atoms with Gasteiger partial charge in [-0.15, -0.1) is 0 Å². The Labute approximate surface area is 98.1 Å². The lowest BCUT2D eigenvalue weighted by atomic mass is 10.1. The molecule has 0 aliphatic rings. The summed E-state index contributed by atoms with van der Waals surface area (Å²) in [6, 6.07) is 3.07. The molecule has 0 saturated heterocycles. The number of aryl methyl sites for hydroxylation is 2. The number of halogens is 1. The summed E-state index contributed by atoms with van der Waals surface area (Å²) in [5.41, 5.74) is 1.11. The van der Waals surface area contributed by atoms with Crippen LogP contribution in [0.5, 0.6) is 0 Å². The first-order valence-corrected chi connectivity index (χ1v) is 5.32. The summed E-state index contributed by atoms with van der Waals surface area (Å²) < 4.78 is 15.0. The van der Waals surface area contributed by atoms with E-state index >= 15 is 0 Å². The average Bonchev–Trinajstić information content (AvgIpc) is 2.79. The van der Waals surface area contributed by atoms with Crippen molar-refractivity contribution in [2.24, 2.45) is 0 Å². The van der Waals surface area contributed by atoms with Gasteiger partial charge in [-0.25, -0.2) is 4.98 Å². The molecule has 4 nitrogen and oxygen atoms in total. The van der Waals surface area contributed by atoms with Gasteiger partial charge in [-0.1, -0.05) is 0 Å². The average molecular weight is 233 g/mol. The topological polar surface area (TPSA) is 47.8 Å². The second kappa shape index (κ2) is 4.45. The lowest BCUT2D eigenvalue weighted by molar-refractivity contribution is 0.102. The zero-order valence-corrected chi connectivity index (χ0v) is 9.64. The molecule has 2 rings (SSSR count). The third-order valence-electron chi connectivity index (χ3n) is 2.47. The van der Waals surface area contributed by atoms with Crippen molar-refractivity contribution in [3.05, 3.63) is 47.3 Å². The molecule has 5 heteroatoms. The van der Waals surface area contributed by atoms with Crippen LogP contribution in [0.1, 0.15) is 28.5 Å². The molecule has 0 N–H and O–H groups in total. The first-order chi connectivity index (χ1) is 8.13. The fraction of sp³-hybridized carbons (Fsp3) is 0.250. The van der Waals surface area contributed by atoms with Crippen LogP contribution in [0.2, 0.25) is 0 Å². The van der Waals surface area contributed by atoms with Gasteiger partial charge in [0.15, 0.2) is 0 Å². The van der Waals surface area contributed by atoms with Crippen molar-refractivity contribution < 1.29 is 9.18 Å². The van der Waals surface area contributed by atoms with E-state index in [1.165, 1.54) is 23.1 Å². The zero-order chi connectivity index (χ0) is 12.4. The minimum atomic E-state index is -0.746.